The summed E-state index contributed by atoms with van der Waals surface area (Å²) in [7, 11) is -2.32. The second-order valence-electron chi connectivity index (χ2n) is 4.89. The largest absolute Gasteiger partial charge is 0.750 e. The molecule has 1 atom stereocenters. The lowest BCUT2D eigenvalue weighted by molar-refractivity contribution is 0.290. The summed E-state index contributed by atoms with van der Waals surface area (Å²) in [6.45, 7) is 0.203. The summed E-state index contributed by atoms with van der Waals surface area (Å²) < 4.78 is 22.4. The van der Waals surface area contributed by atoms with E-state index in [0.29, 0.717) is 22.3 Å². The highest BCUT2D eigenvalue weighted by atomic mass is 35.5. The Labute approximate surface area is 154 Å². The average molecular weight is 395 g/mol. The van der Waals surface area contributed by atoms with E-state index in [9.17, 15) is 4.57 Å². The lowest BCUT2D eigenvalue weighted by atomic mass is 10.1. The predicted molar refractivity (Wildman–Crippen MR) is 99.1 cm³/mol. The van der Waals surface area contributed by atoms with Gasteiger partial charge in [0.1, 0.15) is 6.61 Å². The zero-order chi connectivity index (χ0) is 17.6. The Hall–Kier alpha value is -2.05. The number of nitrogens with zero attached hydrogens (tertiary/aromatic N) is 2. The first-order valence-corrected chi connectivity index (χ1v) is 9.60. The van der Waals surface area contributed by atoms with Crippen molar-refractivity contribution in [3.8, 4) is 17.0 Å². The highest BCUT2D eigenvalue weighted by Gasteiger charge is 2.24. The smallest absolute Gasteiger partial charge is 0.375 e. The van der Waals surface area contributed by atoms with Crippen LogP contribution in [-0.2, 0) is 15.5 Å². The van der Waals surface area contributed by atoms with Gasteiger partial charge < -0.3 is 5.73 Å². The van der Waals surface area contributed by atoms with E-state index in [1.165, 1.54) is 11.3 Å². The van der Waals surface area contributed by atoms with Crippen molar-refractivity contribution in [3.63, 3.8) is 0 Å². The number of nitrogens with two attached hydrogens (primary N) is 1. The monoisotopic (exact) mass is 394 g/mol. The summed E-state index contributed by atoms with van der Waals surface area (Å²) in [4.78, 5) is 9.36. The van der Waals surface area contributed by atoms with Crippen molar-refractivity contribution in [1.82, 2.24) is 9.97 Å². The number of pyridine rings is 1. The molecule has 2 aromatic heterocycles. The number of hydrogen-bond acceptors (Lipinski definition) is 7. The molecule has 1 aromatic carbocycles. The molecule has 0 aliphatic rings. The number of nitrogen functional groups attached to an aromatic ring is 1. The first kappa shape index (κ1) is 17.8. The standard InChI is InChI=1S/C16H14ClN3O3PS/c17-12-5-1-2-6-13(12)23-24(21)22-9-7-14-15(20-16(18)25-14)11-4-3-8-19-10-11/h1-6,8,10H,7,9H2,(H2,18,20)/q+1. The summed E-state index contributed by atoms with van der Waals surface area (Å²) in [5.74, 6) is 0.323. The van der Waals surface area contributed by atoms with E-state index in [4.69, 9.17) is 26.4 Å². The van der Waals surface area contributed by atoms with E-state index in [1.807, 2.05) is 12.1 Å². The van der Waals surface area contributed by atoms with Crippen molar-refractivity contribution in [2.24, 2.45) is 0 Å². The minimum Gasteiger partial charge on any atom is -0.375 e. The molecule has 0 fully saturated rings. The molecule has 0 bridgehead atoms. The van der Waals surface area contributed by atoms with Crippen LogP contribution in [0.1, 0.15) is 4.88 Å². The molecule has 0 aliphatic carbocycles. The van der Waals surface area contributed by atoms with E-state index in [2.05, 4.69) is 9.97 Å². The normalized spacial score (nSPS) is 11.3. The maximum absolute atomic E-state index is 11.9. The van der Waals surface area contributed by atoms with E-state index in [-0.39, 0.29) is 6.61 Å². The molecule has 2 heterocycles. The topological polar surface area (TPSA) is 87.3 Å². The van der Waals surface area contributed by atoms with Crippen LogP contribution in [0.2, 0.25) is 5.02 Å². The lowest BCUT2D eigenvalue weighted by Crippen LogP contribution is -1.96. The lowest BCUT2D eigenvalue weighted by Gasteiger charge is -2.00. The van der Waals surface area contributed by atoms with Crippen LogP contribution in [0, 0.1) is 0 Å². The van der Waals surface area contributed by atoms with Crippen LogP contribution >= 0.6 is 31.2 Å². The molecule has 25 heavy (non-hydrogen) atoms. The number of rotatable bonds is 7. The highest BCUT2D eigenvalue weighted by Crippen LogP contribution is 2.34. The number of thiazole rings is 1. The van der Waals surface area contributed by atoms with E-state index in [1.54, 1.807) is 36.7 Å². The molecule has 2 N–H and O–H groups in total. The van der Waals surface area contributed by atoms with Crippen molar-refractivity contribution in [3.05, 3.63) is 58.7 Å². The zero-order valence-corrected chi connectivity index (χ0v) is 15.4. The first-order chi connectivity index (χ1) is 12.1. The quantitative estimate of drug-likeness (QED) is 0.582. The molecule has 6 nitrogen and oxygen atoms in total. The van der Waals surface area contributed by atoms with Gasteiger partial charge >= 0.3 is 8.25 Å². The molecule has 0 aliphatic heterocycles. The fraction of sp³-hybridized carbons (Fsp3) is 0.125. The van der Waals surface area contributed by atoms with Gasteiger partial charge in [-0.25, -0.2) is 9.51 Å². The fourth-order valence-corrected chi connectivity index (χ4v) is 3.78. The SMILES string of the molecule is Nc1nc(-c2cccnc2)c(CCO[P+](=O)Oc2ccccc2Cl)s1. The minimum absolute atomic E-state index is 0.203. The summed E-state index contributed by atoms with van der Waals surface area (Å²) in [5, 5.41) is 0.842. The van der Waals surface area contributed by atoms with Gasteiger partial charge in [0.05, 0.1) is 10.7 Å². The Morgan fingerprint density at radius 2 is 2.08 bits per heavy atom. The molecular weight excluding hydrogens is 381 g/mol. The second kappa shape index (κ2) is 8.36. The molecule has 0 amide bonds. The molecule has 3 rings (SSSR count). The molecule has 0 radical (unpaired) electrons. The number of aromatic nitrogens is 2. The molecule has 1 unspecified atom stereocenters. The van der Waals surface area contributed by atoms with Crippen LogP contribution < -0.4 is 10.3 Å². The average Bonchev–Trinajstić information content (AvgIpc) is 2.98. The third kappa shape index (κ3) is 4.74. The van der Waals surface area contributed by atoms with Crippen LogP contribution in [0.15, 0.2) is 48.8 Å². The van der Waals surface area contributed by atoms with Crippen molar-refractivity contribution in [2.75, 3.05) is 12.3 Å². The molecule has 9 heteroatoms. The number of para-hydroxylation sites is 1. The Balaban J connectivity index is 1.59. The minimum atomic E-state index is -2.32. The van der Waals surface area contributed by atoms with E-state index < -0.39 is 8.25 Å². The Morgan fingerprint density at radius 3 is 2.84 bits per heavy atom. The van der Waals surface area contributed by atoms with Gasteiger partial charge in [0.15, 0.2) is 5.13 Å². The maximum atomic E-state index is 11.9. The molecule has 3 aromatic rings. The van der Waals surface area contributed by atoms with Gasteiger partial charge in [0.2, 0.25) is 5.75 Å². The van der Waals surface area contributed by atoms with Crippen LogP contribution in [0.25, 0.3) is 11.3 Å². The van der Waals surface area contributed by atoms with Crippen molar-refractivity contribution < 1.29 is 13.6 Å². The van der Waals surface area contributed by atoms with Crippen molar-refractivity contribution in [1.29, 1.82) is 0 Å². The van der Waals surface area contributed by atoms with Crippen LogP contribution in [0.4, 0.5) is 5.13 Å². The first-order valence-electron chi connectivity index (χ1n) is 7.31. The fourth-order valence-electron chi connectivity index (χ4n) is 2.11. The molecule has 0 spiro atoms. The number of hydrogen-bond donors (Lipinski definition) is 1. The van der Waals surface area contributed by atoms with Gasteiger partial charge in [-0.1, -0.05) is 23.7 Å². The highest BCUT2D eigenvalue weighted by molar-refractivity contribution is 7.33. The second-order valence-corrected chi connectivity index (χ2v) is 7.30. The molecule has 0 saturated heterocycles. The number of benzene rings is 1. The molecule has 0 saturated carbocycles. The molecule has 128 valence electrons. The van der Waals surface area contributed by atoms with Crippen LogP contribution in [0.3, 0.4) is 0 Å². The van der Waals surface area contributed by atoms with E-state index in [0.717, 1.165) is 16.1 Å². The summed E-state index contributed by atoms with van der Waals surface area (Å²) in [5.41, 5.74) is 7.46. The Morgan fingerprint density at radius 1 is 1.24 bits per heavy atom. The Bertz CT molecular complexity index is 876. The van der Waals surface area contributed by atoms with Gasteiger partial charge in [0, 0.05) is 33.8 Å². The summed E-state index contributed by atoms with van der Waals surface area (Å²) >= 11 is 7.32. The van der Waals surface area contributed by atoms with Gasteiger partial charge in [-0.15, -0.1) is 15.9 Å². The van der Waals surface area contributed by atoms with Crippen molar-refractivity contribution >= 4 is 36.3 Å². The maximum Gasteiger partial charge on any atom is 0.750 e. The van der Waals surface area contributed by atoms with Crippen LogP contribution in [-0.4, -0.2) is 16.6 Å². The van der Waals surface area contributed by atoms with Crippen LogP contribution in [0.5, 0.6) is 5.75 Å². The van der Waals surface area contributed by atoms with Gasteiger partial charge in [-0.3, -0.25) is 4.98 Å². The molecular formula is C16H14ClN3O3PS+. The number of halogens is 1. The van der Waals surface area contributed by atoms with E-state index >= 15 is 0 Å². The van der Waals surface area contributed by atoms with Gasteiger partial charge in [-0.05, 0) is 24.3 Å². The van der Waals surface area contributed by atoms with Crippen molar-refractivity contribution in [2.45, 2.75) is 6.42 Å². The van der Waals surface area contributed by atoms with Gasteiger partial charge in [-0.2, -0.15) is 0 Å². The summed E-state index contributed by atoms with van der Waals surface area (Å²) in [6, 6.07) is 10.5. The summed E-state index contributed by atoms with van der Waals surface area (Å²) in [6.07, 6.45) is 3.92. The third-order valence-electron chi connectivity index (χ3n) is 3.18. The third-order valence-corrected chi connectivity index (χ3v) is 5.18. The Kier molecular flexibility index (Phi) is 5.94. The number of anilines is 1. The zero-order valence-electron chi connectivity index (χ0n) is 13.0. The van der Waals surface area contributed by atoms with Gasteiger partial charge in [0.25, 0.3) is 0 Å². The predicted octanol–water partition coefficient (Wildman–Crippen LogP) is 4.74.